The van der Waals surface area contributed by atoms with Gasteiger partial charge in [0.1, 0.15) is 5.75 Å². The van der Waals surface area contributed by atoms with Crippen LogP contribution in [0.2, 0.25) is 0 Å². The molecule has 3 rings (SSSR count). The van der Waals surface area contributed by atoms with Crippen LogP contribution in [0.25, 0.3) is 0 Å². The molecule has 0 fully saturated rings. The SMILES string of the molecule is COc1ccc(CCNC(=O)C2Cc3ccccc3C2)cc1. The van der Waals surface area contributed by atoms with Crippen molar-refractivity contribution in [3.8, 4) is 5.75 Å². The second-order valence-electron chi connectivity index (χ2n) is 5.76. The van der Waals surface area contributed by atoms with Crippen LogP contribution in [0.4, 0.5) is 0 Å². The van der Waals surface area contributed by atoms with Gasteiger partial charge in [0.25, 0.3) is 0 Å². The molecule has 2 aromatic carbocycles. The molecule has 0 heterocycles. The van der Waals surface area contributed by atoms with Crippen LogP contribution in [-0.2, 0) is 24.1 Å². The summed E-state index contributed by atoms with van der Waals surface area (Å²) in [6, 6.07) is 16.3. The second-order valence-corrected chi connectivity index (χ2v) is 5.76. The van der Waals surface area contributed by atoms with E-state index in [1.54, 1.807) is 7.11 Å². The number of hydrogen-bond donors (Lipinski definition) is 1. The van der Waals surface area contributed by atoms with E-state index in [1.807, 2.05) is 36.4 Å². The highest BCUT2D eigenvalue weighted by molar-refractivity contribution is 5.80. The number of ether oxygens (including phenoxy) is 1. The van der Waals surface area contributed by atoms with Crippen molar-refractivity contribution >= 4 is 5.91 Å². The van der Waals surface area contributed by atoms with Gasteiger partial charge in [0, 0.05) is 12.5 Å². The Hall–Kier alpha value is -2.29. The average Bonchev–Trinajstić information content (AvgIpc) is 2.99. The number of amides is 1. The molecule has 0 atom stereocenters. The fraction of sp³-hybridized carbons (Fsp3) is 0.316. The Morgan fingerprint density at radius 1 is 1.09 bits per heavy atom. The predicted molar refractivity (Wildman–Crippen MR) is 87.0 cm³/mol. The first kappa shape index (κ1) is 14.6. The Labute approximate surface area is 131 Å². The molecule has 1 aliphatic carbocycles. The van der Waals surface area contributed by atoms with E-state index in [4.69, 9.17) is 4.74 Å². The van der Waals surface area contributed by atoms with Crippen molar-refractivity contribution in [1.29, 1.82) is 0 Å². The first-order chi connectivity index (χ1) is 10.8. The lowest BCUT2D eigenvalue weighted by Crippen LogP contribution is -2.32. The number of benzene rings is 2. The summed E-state index contributed by atoms with van der Waals surface area (Å²) in [5, 5.41) is 3.07. The molecule has 0 saturated carbocycles. The molecule has 0 spiro atoms. The molecule has 0 aromatic heterocycles. The highest BCUT2D eigenvalue weighted by Crippen LogP contribution is 2.26. The van der Waals surface area contributed by atoms with Crippen molar-refractivity contribution in [2.45, 2.75) is 19.3 Å². The molecule has 3 nitrogen and oxygen atoms in total. The summed E-state index contributed by atoms with van der Waals surface area (Å²) in [5.41, 5.74) is 3.84. The van der Waals surface area contributed by atoms with E-state index in [2.05, 4.69) is 17.4 Å². The molecule has 3 heteroatoms. The van der Waals surface area contributed by atoms with Crippen molar-refractivity contribution in [3.63, 3.8) is 0 Å². The van der Waals surface area contributed by atoms with E-state index in [1.165, 1.54) is 16.7 Å². The van der Waals surface area contributed by atoms with Crippen LogP contribution < -0.4 is 10.1 Å². The summed E-state index contributed by atoms with van der Waals surface area (Å²) in [4.78, 5) is 12.3. The van der Waals surface area contributed by atoms with Crippen LogP contribution >= 0.6 is 0 Å². The summed E-state index contributed by atoms with van der Waals surface area (Å²) < 4.78 is 5.14. The quantitative estimate of drug-likeness (QED) is 0.921. The molecule has 1 aliphatic rings. The van der Waals surface area contributed by atoms with E-state index in [0.29, 0.717) is 6.54 Å². The normalized spacial score (nSPS) is 13.7. The van der Waals surface area contributed by atoms with Gasteiger partial charge in [-0.1, -0.05) is 36.4 Å². The van der Waals surface area contributed by atoms with Crippen molar-refractivity contribution in [2.75, 3.05) is 13.7 Å². The van der Waals surface area contributed by atoms with E-state index in [0.717, 1.165) is 25.0 Å². The van der Waals surface area contributed by atoms with Crippen LogP contribution in [0.3, 0.4) is 0 Å². The smallest absolute Gasteiger partial charge is 0.223 e. The van der Waals surface area contributed by atoms with Gasteiger partial charge in [-0.25, -0.2) is 0 Å². The monoisotopic (exact) mass is 295 g/mol. The van der Waals surface area contributed by atoms with Crippen LogP contribution in [0.5, 0.6) is 5.75 Å². The van der Waals surface area contributed by atoms with Crippen molar-refractivity contribution in [3.05, 3.63) is 65.2 Å². The van der Waals surface area contributed by atoms with Gasteiger partial charge in [0.15, 0.2) is 0 Å². The lowest BCUT2D eigenvalue weighted by Gasteiger charge is -2.10. The summed E-state index contributed by atoms with van der Waals surface area (Å²) in [6.07, 6.45) is 2.57. The predicted octanol–water partition coefficient (Wildman–Crippen LogP) is 2.77. The number of methoxy groups -OCH3 is 1. The minimum Gasteiger partial charge on any atom is -0.497 e. The zero-order valence-electron chi connectivity index (χ0n) is 12.8. The Kier molecular flexibility index (Phi) is 4.42. The topological polar surface area (TPSA) is 38.3 Å². The minimum atomic E-state index is 0.0910. The third kappa shape index (κ3) is 3.30. The molecule has 0 saturated heterocycles. The number of carbonyl (C=O) groups is 1. The number of nitrogens with one attached hydrogen (secondary N) is 1. The molecule has 22 heavy (non-hydrogen) atoms. The lowest BCUT2D eigenvalue weighted by atomic mass is 10.1. The largest absolute Gasteiger partial charge is 0.497 e. The standard InChI is InChI=1S/C19H21NO2/c1-22-18-8-6-14(7-9-18)10-11-20-19(21)17-12-15-4-2-3-5-16(15)13-17/h2-9,17H,10-13H2,1H3,(H,20,21). The Morgan fingerprint density at radius 2 is 1.73 bits per heavy atom. The van der Waals surface area contributed by atoms with E-state index in [9.17, 15) is 4.79 Å². The molecule has 114 valence electrons. The molecular weight excluding hydrogens is 274 g/mol. The maximum atomic E-state index is 12.3. The molecule has 0 bridgehead atoms. The molecule has 0 radical (unpaired) electrons. The number of hydrogen-bond acceptors (Lipinski definition) is 2. The van der Waals surface area contributed by atoms with Crippen LogP contribution in [0.1, 0.15) is 16.7 Å². The Balaban J connectivity index is 1.47. The molecule has 0 unspecified atom stereocenters. The number of fused-ring (bicyclic) bond motifs is 1. The van der Waals surface area contributed by atoms with Gasteiger partial charge < -0.3 is 10.1 Å². The van der Waals surface area contributed by atoms with Crippen molar-refractivity contribution in [2.24, 2.45) is 5.92 Å². The summed E-state index contributed by atoms with van der Waals surface area (Å²) in [6.45, 7) is 0.679. The first-order valence-corrected chi connectivity index (χ1v) is 7.73. The first-order valence-electron chi connectivity index (χ1n) is 7.73. The zero-order chi connectivity index (χ0) is 15.4. The van der Waals surface area contributed by atoms with Crippen LogP contribution in [-0.4, -0.2) is 19.6 Å². The van der Waals surface area contributed by atoms with E-state index < -0.39 is 0 Å². The van der Waals surface area contributed by atoms with Gasteiger partial charge in [-0.3, -0.25) is 4.79 Å². The average molecular weight is 295 g/mol. The Morgan fingerprint density at radius 3 is 2.32 bits per heavy atom. The third-order valence-corrected chi connectivity index (χ3v) is 4.29. The fourth-order valence-corrected chi connectivity index (χ4v) is 3.01. The lowest BCUT2D eigenvalue weighted by molar-refractivity contribution is -0.124. The summed E-state index contributed by atoms with van der Waals surface area (Å²) >= 11 is 0. The fourth-order valence-electron chi connectivity index (χ4n) is 3.01. The molecule has 0 aliphatic heterocycles. The van der Waals surface area contributed by atoms with Gasteiger partial charge in [0.2, 0.25) is 5.91 Å². The molecular formula is C19H21NO2. The highest BCUT2D eigenvalue weighted by atomic mass is 16.5. The minimum absolute atomic E-state index is 0.0910. The van der Waals surface area contributed by atoms with Gasteiger partial charge >= 0.3 is 0 Å². The summed E-state index contributed by atoms with van der Waals surface area (Å²) in [5.74, 6) is 1.12. The van der Waals surface area contributed by atoms with Gasteiger partial charge in [-0.05, 0) is 48.1 Å². The van der Waals surface area contributed by atoms with Crippen LogP contribution in [0, 0.1) is 5.92 Å². The molecule has 1 N–H and O–H groups in total. The van der Waals surface area contributed by atoms with Crippen molar-refractivity contribution < 1.29 is 9.53 Å². The summed E-state index contributed by atoms with van der Waals surface area (Å²) in [7, 11) is 1.66. The van der Waals surface area contributed by atoms with Gasteiger partial charge in [-0.2, -0.15) is 0 Å². The van der Waals surface area contributed by atoms with Gasteiger partial charge in [0.05, 0.1) is 7.11 Å². The van der Waals surface area contributed by atoms with Gasteiger partial charge in [-0.15, -0.1) is 0 Å². The Bertz CT molecular complexity index is 624. The molecule has 1 amide bonds. The molecule has 2 aromatic rings. The number of carbonyl (C=O) groups excluding carboxylic acids is 1. The number of rotatable bonds is 5. The zero-order valence-corrected chi connectivity index (χ0v) is 12.8. The third-order valence-electron chi connectivity index (χ3n) is 4.29. The van der Waals surface area contributed by atoms with E-state index in [-0.39, 0.29) is 11.8 Å². The maximum Gasteiger partial charge on any atom is 0.223 e. The highest BCUT2D eigenvalue weighted by Gasteiger charge is 2.26. The van der Waals surface area contributed by atoms with Crippen LogP contribution in [0.15, 0.2) is 48.5 Å². The van der Waals surface area contributed by atoms with Crippen molar-refractivity contribution in [1.82, 2.24) is 5.32 Å². The maximum absolute atomic E-state index is 12.3. The second kappa shape index (κ2) is 6.65. The van der Waals surface area contributed by atoms with E-state index >= 15 is 0 Å².